The highest BCUT2D eigenvalue weighted by Gasteiger charge is 2.28. The number of carbonyl (C=O) groups is 1. The number of carbonyl (C=O) groups excluding carboxylic acids is 1. The van der Waals surface area contributed by atoms with Crippen LogP contribution in [0.1, 0.15) is 37.3 Å². The van der Waals surface area contributed by atoms with Gasteiger partial charge in [-0.05, 0) is 38.4 Å². The lowest BCUT2D eigenvalue weighted by Crippen LogP contribution is -2.36. The number of rotatable bonds is 7. The summed E-state index contributed by atoms with van der Waals surface area (Å²) in [7, 11) is 1.90. The zero-order valence-electron chi connectivity index (χ0n) is 12.5. The molecule has 2 unspecified atom stereocenters. The van der Waals surface area contributed by atoms with Crippen LogP contribution in [0.25, 0.3) is 0 Å². The normalized spacial score (nSPS) is 18.8. The molecule has 0 radical (unpaired) electrons. The minimum absolute atomic E-state index is 0. The van der Waals surface area contributed by atoms with E-state index in [9.17, 15) is 4.79 Å². The number of nitrogens with one attached hydrogen (secondary N) is 2. The van der Waals surface area contributed by atoms with Crippen molar-refractivity contribution in [2.45, 2.75) is 37.8 Å². The second-order valence-electron chi connectivity index (χ2n) is 5.21. The van der Waals surface area contributed by atoms with Gasteiger partial charge >= 0.3 is 0 Å². The SMILES string of the molecule is CNCCCC(=O)NC(c1ccccc1)C1CCCO1.Cl. The average molecular weight is 313 g/mol. The van der Waals surface area contributed by atoms with E-state index in [0.29, 0.717) is 6.42 Å². The summed E-state index contributed by atoms with van der Waals surface area (Å²) >= 11 is 0. The van der Waals surface area contributed by atoms with Gasteiger partial charge in [0.1, 0.15) is 0 Å². The first-order valence-corrected chi connectivity index (χ1v) is 7.42. The second-order valence-corrected chi connectivity index (χ2v) is 5.21. The van der Waals surface area contributed by atoms with Crippen LogP contribution >= 0.6 is 12.4 Å². The first-order chi connectivity index (χ1) is 9.81. The lowest BCUT2D eigenvalue weighted by Gasteiger charge is -2.24. The summed E-state index contributed by atoms with van der Waals surface area (Å²) in [5.74, 6) is 0.101. The van der Waals surface area contributed by atoms with Gasteiger partial charge in [-0.25, -0.2) is 0 Å². The standard InChI is InChI=1S/C16H24N2O2.ClH/c1-17-11-5-10-15(19)18-16(14-9-6-12-20-14)13-7-3-2-4-8-13;/h2-4,7-8,14,16-17H,5-6,9-12H2,1H3,(H,18,19);1H. The first-order valence-electron chi connectivity index (χ1n) is 7.42. The van der Waals surface area contributed by atoms with Crippen LogP contribution in [0, 0.1) is 0 Å². The van der Waals surface area contributed by atoms with E-state index in [4.69, 9.17) is 4.74 Å². The number of ether oxygens (including phenoxy) is 1. The summed E-state index contributed by atoms with van der Waals surface area (Å²) in [6, 6.07) is 10.1. The summed E-state index contributed by atoms with van der Waals surface area (Å²) in [4.78, 5) is 12.1. The molecule has 1 aromatic rings. The Balaban J connectivity index is 0.00000220. The molecule has 1 aromatic carbocycles. The van der Waals surface area contributed by atoms with E-state index in [2.05, 4.69) is 22.8 Å². The van der Waals surface area contributed by atoms with Crippen LogP contribution in [-0.4, -0.2) is 32.2 Å². The molecule has 0 spiro atoms. The van der Waals surface area contributed by atoms with Crippen LogP contribution < -0.4 is 10.6 Å². The van der Waals surface area contributed by atoms with Gasteiger partial charge in [-0.1, -0.05) is 30.3 Å². The number of hydrogen-bond donors (Lipinski definition) is 2. The minimum atomic E-state index is -0.0271. The molecule has 1 heterocycles. The maximum absolute atomic E-state index is 12.1. The molecular weight excluding hydrogens is 288 g/mol. The predicted molar refractivity (Wildman–Crippen MR) is 86.7 cm³/mol. The van der Waals surface area contributed by atoms with E-state index in [1.807, 2.05) is 25.2 Å². The molecule has 5 heteroatoms. The Morgan fingerprint density at radius 3 is 2.76 bits per heavy atom. The third kappa shape index (κ3) is 5.65. The molecule has 0 saturated carbocycles. The Morgan fingerprint density at radius 1 is 1.38 bits per heavy atom. The van der Waals surface area contributed by atoms with Crippen molar-refractivity contribution in [2.75, 3.05) is 20.2 Å². The highest BCUT2D eigenvalue weighted by Crippen LogP contribution is 2.26. The van der Waals surface area contributed by atoms with E-state index < -0.39 is 0 Å². The van der Waals surface area contributed by atoms with E-state index in [-0.39, 0.29) is 30.5 Å². The van der Waals surface area contributed by atoms with Gasteiger partial charge in [0.25, 0.3) is 0 Å². The lowest BCUT2D eigenvalue weighted by molar-refractivity contribution is -0.122. The molecule has 21 heavy (non-hydrogen) atoms. The maximum Gasteiger partial charge on any atom is 0.220 e. The Kier molecular flexibility index (Phi) is 8.35. The molecule has 2 rings (SSSR count). The monoisotopic (exact) mass is 312 g/mol. The zero-order valence-corrected chi connectivity index (χ0v) is 13.3. The van der Waals surface area contributed by atoms with Gasteiger partial charge in [0.15, 0.2) is 0 Å². The van der Waals surface area contributed by atoms with Crippen molar-refractivity contribution in [2.24, 2.45) is 0 Å². The van der Waals surface area contributed by atoms with Crippen molar-refractivity contribution in [3.8, 4) is 0 Å². The number of amides is 1. The third-order valence-corrected chi connectivity index (χ3v) is 3.64. The van der Waals surface area contributed by atoms with Crippen LogP contribution in [0.3, 0.4) is 0 Å². The van der Waals surface area contributed by atoms with Gasteiger partial charge < -0.3 is 15.4 Å². The fourth-order valence-corrected chi connectivity index (χ4v) is 2.59. The summed E-state index contributed by atoms with van der Waals surface area (Å²) in [5, 5.41) is 6.20. The molecule has 2 N–H and O–H groups in total. The fraction of sp³-hybridized carbons (Fsp3) is 0.562. The van der Waals surface area contributed by atoms with Crippen molar-refractivity contribution in [3.63, 3.8) is 0 Å². The third-order valence-electron chi connectivity index (χ3n) is 3.64. The van der Waals surface area contributed by atoms with Gasteiger partial charge in [-0.15, -0.1) is 12.4 Å². The highest BCUT2D eigenvalue weighted by molar-refractivity contribution is 5.85. The molecule has 0 aliphatic carbocycles. The molecule has 4 nitrogen and oxygen atoms in total. The quantitative estimate of drug-likeness (QED) is 0.760. The van der Waals surface area contributed by atoms with Crippen LogP contribution in [0.4, 0.5) is 0 Å². The molecule has 118 valence electrons. The Morgan fingerprint density at radius 2 is 2.14 bits per heavy atom. The Labute approximate surface area is 133 Å². The number of halogens is 1. The Hall–Kier alpha value is -1.10. The summed E-state index contributed by atoms with van der Waals surface area (Å²) in [6.07, 6.45) is 3.59. The van der Waals surface area contributed by atoms with Crippen LogP contribution in [0.2, 0.25) is 0 Å². The molecule has 1 aliphatic heterocycles. The summed E-state index contributed by atoms with van der Waals surface area (Å²) in [5.41, 5.74) is 1.13. The fourth-order valence-electron chi connectivity index (χ4n) is 2.59. The highest BCUT2D eigenvalue weighted by atomic mass is 35.5. The molecular formula is C16H25ClN2O2. The van der Waals surface area contributed by atoms with E-state index in [1.165, 1.54) is 0 Å². The Bertz CT molecular complexity index is 408. The maximum atomic E-state index is 12.1. The summed E-state index contributed by atoms with van der Waals surface area (Å²) < 4.78 is 5.77. The second kappa shape index (κ2) is 9.77. The van der Waals surface area contributed by atoms with Crippen molar-refractivity contribution < 1.29 is 9.53 Å². The lowest BCUT2D eigenvalue weighted by atomic mass is 9.99. The van der Waals surface area contributed by atoms with Crippen molar-refractivity contribution in [3.05, 3.63) is 35.9 Å². The smallest absolute Gasteiger partial charge is 0.220 e. The van der Waals surface area contributed by atoms with Gasteiger partial charge in [0, 0.05) is 13.0 Å². The van der Waals surface area contributed by atoms with Gasteiger partial charge in [0.05, 0.1) is 12.1 Å². The zero-order chi connectivity index (χ0) is 14.2. The van der Waals surface area contributed by atoms with E-state index in [1.54, 1.807) is 0 Å². The number of benzene rings is 1. The largest absolute Gasteiger partial charge is 0.376 e. The van der Waals surface area contributed by atoms with Crippen LogP contribution in [0.5, 0.6) is 0 Å². The number of hydrogen-bond acceptors (Lipinski definition) is 3. The predicted octanol–water partition coefficient (Wildman–Crippen LogP) is 2.44. The van der Waals surface area contributed by atoms with Gasteiger partial charge in [0.2, 0.25) is 5.91 Å². The van der Waals surface area contributed by atoms with E-state index >= 15 is 0 Å². The van der Waals surface area contributed by atoms with Gasteiger partial charge in [-0.2, -0.15) is 0 Å². The molecule has 1 amide bonds. The molecule has 1 fully saturated rings. The average Bonchev–Trinajstić information content (AvgIpc) is 3.00. The van der Waals surface area contributed by atoms with Crippen LogP contribution in [-0.2, 0) is 9.53 Å². The van der Waals surface area contributed by atoms with Crippen molar-refractivity contribution in [1.82, 2.24) is 10.6 Å². The minimum Gasteiger partial charge on any atom is -0.376 e. The molecule has 1 saturated heterocycles. The van der Waals surface area contributed by atoms with Crippen molar-refractivity contribution in [1.29, 1.82) is 0 Å². The molecule has 0 bridgehead atoms. The molecule has 1 aliphatic rings. The summed E-state index contributed by atoms with van der Waals surface area (Å²) in [6.45, 7) is 1.66. The van der Waals surface area contributed by atoms with E-state index in [0.717, 1.165) is 38.0 Å². The topological polar surface area (TPSA) is 50.4 Å². The van der Waals surface area contributed by atoms with Gasteiger partial charge in [-0.3, -0.25) is 4.79 Å². The molecule has 2 atom stereocenters. The molecule has 0 aromatic heterocycles. The first kappa shape index (κ1) is 18.0. The van der Waals surface area contributed by atoms with Crippen molar-refractivity contribution >= 4 is 18.3 Å². The van der Waals surface area contributed by atoms with Crippen LogP contribution in [0.15, 0.2) is 30.3 Å².